The highest BCUT2D eigenvalue weighted by molar-refractivity contribution is 5.95. The maximum Gasteiger partial charge on any atom is 0.323 e. The number of hydrogen-bond donors (Lipinski definition) is 3. The highest BCUT2D eigenvalue weighted by atomic mass is 16.2. The number of carbonyl (C=O) groups is 2. The molecule has 1 aliphatic carbocycles. The second kappa shape index (κ2) is 6.15. The molecule has 1 atom stereocenters. The zero-order valence-corrected chi connectivity index (χ0v) is 14.9. The number of aromatic amines is 3. The van der Waals surface area contributed by atoms with Gasteiger partial charge in [-0.1, -0.05) is 0 Å². The Morgan fingerprint density at radius 1 is 1.27 bits per heavy atom. The Hall–Kier alpha value is -2.84. The zero-order chi connectivity index (χ0) is 18.4. The van der Waals surface area contributed by atoms with E-state index in [0.29, 0.717) is 30.9 Å². The molecule has 1 fully saturated rings. The Balaban J connectivity index is 1.46. The maximum atomic E-state index is 12.8. The Labute approximate surface area is 149 Å². The molecular weight excluding hydrogens is 336 g/mol. The number of aromatic nitrogens is 4. The molecule has 9 nitrogen and oxygen atoms in total. The van der Waals surface area contributed by atoms with Crippen molar-refractivity contribution in [2.24, 2.45) is 0 Å². The van der Waals surface area contributed by atoms with Gasteiger partial charge in [0.15, 0.2) is 5.69 Å². The van der Waals surface area contributed by atoms with Crippen LogP contribution < -0.4 is 5.69 Å². The van der Waals surface area contributed by atoms with Crippen molar-refractivity contribution in [3.63, 3.8) is 0 Å². The summed E-state index contributed by atoms with van der Waals surface area (Å²) in [4.78, 5) is 45.3. The lowest BCUT2D eigenvalue weighted by Gasteiger charge is -2.24. The van der Waals surface area contributed by atoms with Gasteiger partial charge in [0, 0.05) is 37.1 Å². The molecule has 26 heavy (non-hydrogen) atoms. The van der Waals surface area contributed by atoms with E-state index in [1.165, 1.54) is 0 Å². The van der Waals surface area contributed by atoms with Crippen molar-refractivity contribution in [3.8, 4) is 0 Å². The van der Waals surface area contributed by atoms with Crippen LogP contribution in [-0.4, -0.2) is 68.0 Å². The van der Waals surface area contributed by atoms with E-state index in [1.54, 1.807) is 23.8 Å². The summed E-state index contributed by atoms with van der Waals surface area (Å²) in [6, 6.07) is -0.0637. The van der Waals surface area contributed by atoms with Crippen LogP contribution in [0.25, 0.3) is 0 Å². The third kappa shape index (κ3) is 2.63. The number of fused-ring (bicyclic) bond motifs is 1. The summed E-state index contributed by atoms with van der Waals surface area (Å²) in [5.74, 6) is -0.320. The van der Waals surface area contributed by atoms with Gasteiger partial charge in [-0.2, -0.15) is 5.10 Å². The van der Waals surface area contributed by atoms with Crippen molar-refractivity contribution in [3.05, 3.63) is 38.8 Å². The van der Waals surface area contributed by atoms with Crippen LogP contribution in [0, 0.1) is 6.92 Å². The molecule has 3 heterocycles. The molecule has 1 saturated heterocycles. The van der Waals surface area contributed by atoms with Gasteiger partial charge in [-0.25, -0.2) is 4.79 Å². The van der Waals surface area contributed by atoms with Crippen LogP contribution >= 0.6 is 0 Å². The molecule has 1 unspecified atom stereocenters. The lowest BCUT2D eigenvalue weighted by molar-refractivity contribution is 0.0694. The summed E-state index contributed by atoms with van der Waals surface area (Å²) in [5, 5.41) is 7.18. The lowest BCUT2D eigenvalue weighted by Crippen LogP contribution is -2.40. The summed E-state index contributed by atoms with van der Waals surface area (Å²) in [6.45, 7) is 2.68. The minimum Gasteiger partial charge on any atom is -0.335 e. The number of H-pyrrole nitrogens is 3. The van der Waals surface area contributed by atoms with E-state index < -0.39 is 0 Å². The van der Waals surface area contributed by atoms with Crippen molar-refractivity contribution in [2.45, 2.75) is 38.6 Å². The number of amides is 2. The molecule has 0 bridgehead atoms. The average Bonchev–Trinajstić information content (AvgIpc) is 3.36. The highest BCUT2D eigenvalue weighted by Gasteiger charge is 2.34. The first-order valence-corrected chi connectivity index (χ1v) is 8.87. The van der Waals surface area contributed by atoms with Crippen LogP contribution in [0.3, 0.4) is 0 Å². The molecule has 138 valence electrons. The number of aryl methyl sites for hydroxylation is 2. The summed E-state index contributed by atoms with van der Waals surface area (Å²) < 4.78 is 0. The standard InChI is InChI=1S/C17H22N6O3/c1-9-13(19-17(26)18-9)16(25)23-7-6-10(8-23)22(2)15(24)14-11-4-3-5-12(11)20-21-14/h10H,3-8H2,1-2H3,(H,20,21)(H2,18,19,26). The Kier molecular flexibility index (Phi) is 3.93. The van der Waals surface area contributed by atoms with E-state index in [4.69, 9.17) is 0 Å². The molecule has 2 aliphatic rings. The van der Waals surface area contributed by atoms with E-state index in [9.17, 15) is 14.4 Å². The van der Waals surface area contributed by atoms with Crippen molar-refractivity contribution in [1.29, 1.82) is 0 Å². The first-order valence-electron chi connectivity index (χ1n) is 8.87. The second-order valence-electron chi connectivity index (χ2n) is 7.07. The quantitative estimate of drug-likeness (QED) is 0.727. The number of rotatable bonds is 3. The molecule has 2 aromatic heterocycles. The average molecular weight is 358 g/mol. The molecule has 0 aromatic carbocycles. The van der Waals surface area contributed by atoms with Crippen LogP contribution in [0.5, 0.6) is 0 Å². The van der Waals surface area contributed by atoms with Crippen molar-refractivity contribution < 1.29 is 9.59 Å². The molecule has 2 aromatic rings. The van der Waals surface area contributed by atoms with Gasteiger partial charge in [-0.15, -0.1) is 0 Å². The number of carbonyl (C=O) groups excluding carboxylic acids is 2. The number of likely N-dealkylation sites (tertiary alicyclic amines) is 1. The fourth-order valence-electron chi connectivity index (χ4n) is 3.91. The van der Waals surface area contributed by atoms with Gasteiger partial charge < -0.3 is 19.8 Å². The Bertz CT molecular complexity index is 923. The number of likely N-dealkylation sites (N-methyl/N-ethyl adjacent to an activating group) is 1. The maximum absolute atomic E-state index is 12.8. The molecule has 0 radical (unpaired) electrons. The first-order chi connectivity index (χ1) is 12.5. The molecule has 9 heteroatoms. The minimum absolute atomic E-state index is 0.0637. The van der Waals surface area contributed by atoms with Gasteiger partial charge in [0.1, 0.15) is 5.69 Å². The Morgan fingerprint density at radius 3 is 2.81 bits per heavy atom. The minimum atomic E-state index is -0.388. The van der Waals surface area contributed by atoms with Gasteiger partial charge in [0.2, 0.25) is 0 Å². The van der Waals surface area contributed by atoms with Gasteiger partial charge in [-0.05, 0) is 32.6 Å². The van der Waals surface area contributed by atoms with E-state index in [-0.39, 0.29) is 29.2 Å². The summed E-state index contributed by atoms with van der Waals surface area (Å²) in [5.41, 5.74) is 3.04. The molecule has 0 saturated carbocycles. The van der Waals surface area contributed by atoms with E-state index in [0.717, 1.165) is 30.5 Å². The predicted molar refractivity (Wildman–Crippen MR) is 93.2 cm³/mol. The van der Waals surface area contributed by atoms with E-state index >= 15 is 0 Å². The summed E-state index contributed by atoms with van der Waals surface area (Å²) in [6.07, 6.45) is 3.58. The third-order valence-corrected chi connectivity index (χ3v) is 5.46. The SMILES string of the molecule is Cc1[nH]c(=O)[nH]c1C(=O)N1CCC(N(C)C(=O)c2n[nH]c3c2CCC3)C1. The van der Waals surface area contributed by atoms with Gasteiger partial charge >= 0.3 is 5.69 Å². The summed E-state index contributed by atoms with van der Waals surface area (Å²) >= 11 is 0. The molecule has 2 amide bonds. The van der Waals surface area contributed by atoms with Crippen molar-refractivity contribution in [1.82, 2.24) is 30.0 Å². The van der Waals surface area contributed by atoms with Crippen LogP contribution in [-0.2, 0) is 12.8 Å². The van der Waals surface area contributed by atoms with Crippen LogP contribution in [0.4, 0.5) is 0 Å². The fraction of sp³-hybridized carbons (Fsp3) is 0.529. The number of imidazole rings is 1. The normalized spacial score (nSPS) is 19.0. The Morgan fingerprint density at radius 2 is 2.08 bits per heavy atom. The smallest absolute Gasteiger partial charge is 0.323 e. The predicted octanol–water partition coefficient (Wildman–Crippen LogP) is 0.210. The van der Waals surface area contributed by atoms with Crippen molar-refractivity contribution in [2.75, 3.05) is 20.1 Å². The largest absolute Gasteiger partial charge is 0.335 e. The second-order valence-corrected chi connectivity index (χ2v) is 7.07. The van der Waals surface area contributed by atoms with E-state index in [2.05, 4.69) is 20.2 Å². The third-order valence-electron chi connectivity index (χ3n) is 5.46. The number of nitrogens with zero attached hydrogens (tertiary/aromatic N) is 3. The molecule has 3 N–H and O–H groups in total. The monoisotopic (exact) mass is 358 g/mol. The molecule has 4 rings (SSSR count). The lowest BCUT2D eigenvalue weighted by atomic mass is 10.1. The van der Waals surface area contributed by atoms with Gasteiger partial charge in [0.25, 0.3) is 11.8 Å². The molecule has 1 aliphatic heterocycles. The van der Waals surface area contributed by atoms with Crippen LogP contribution in [0.15, 0.2) is 4.79 Å². The van der Waals surface area contributed by atoms with E-state index in [1.807, 2.05) is 0 Å². The van der Waals surface area contributed by atoms with Crippen LogP contribution in [0.2, 0.25) is 0 Å². The highest BCUT2D eigenvalue weighted by Crippen LogP contribution is 2.25. The summed E-state index contributed by atoms with van der Waals surface area (Å²) in [7, 11) is 1.76. The van der Waals surface area contributed by atoms with Crippen molar-refractivity contribution >= 4 is 11.8 Å². The topological polar surface area (TPSA) is 118 Å². The number of hydrogen-bond acceptors (Lipinski definition) is 4. The molecular formula is C17H22N6O3. The first kappa shape index (κ1) is 16.6. The zero-order valence-electron chi connectivity index (χ0n) is 14.9. The van der Waals surface area contributed by atoms with Crippen LogP contribution in [0.1, 0.15) is 50.8 Å². The molecule has 0 spiro atoms. The fourth-order valence-corrected chi connectivity index (χ4v) is 3.91. The van der Waals surface area contributed by atoms with Gasteiger partial charge in [0.05, 0.1) is 6.04 Å². The number of nitrogens with one attached hydrogen (secondary N) is 3. The van der Waals surface area contributed by atoms with Gasteiger partial charge in [-0.3, -0.25) is 14.7 Å².